The summed E-state index contributed by atoms with van der Waals surface area (Å²) in [5.74, 6) is -0.00832. The standard InChI is InChI=1S/C23H31N5OS/c1-3-4-7-18(13-17-14-25-21-16(2)6-5-8-19(17)21)27-22(29)20-15-26-23(30-20)28-11-9-24-10-12-28/h5-6,8,14-15,18,24-25H,3-4,7,9-13H2,1-2H3,(H,27,29). The van der Waals surface area contributed by atoms with Crippen LogP contribution in [0.3, 0.4) is 0 Å². The first kappa shape index (κ1) is 20.9. The lowest BCUT2D eigenvalue weighted by atomic mass is 9.99. The summed E-state index contributed by atoms with van der Waals surface area (Å²) in [7, 11) is 0. The largest absolute Gasteiger partial charge is 0.361 e. The first-order chi connectivity index (χ1) is 14.7. The van der Waals surface area contributed by atoms with E-state index >= 15 is 0 Å². The monoisotopic (exact) mass is 425 g/mol. The Kier molecular flexibility index (Phi) is 6.69. The van der Waals surface area contributed by atoms with E-state index in [2.05, 4.69) is 63.7 Å². The van der Waals surface area contributed by atoms with Crippen molar-refractivity contribution < 1.29 is 4.79 Å². The molecule has 3 N–H and O–H groups in total. The molecule has 30 heavy (non-hydrogen) atoms. The summed E-state index contributed by atoms with van der Waals surface area (Å²) in [6, 6.07) is 6.50. The molecule has 1 aliphatic heterocycles. The number of benzene rings is 1. The molecular formula is C23H31N5OS. The molecule has 7 heteroatoms. The predicted molar refractivity (Wildman–Crippen MR) is 125 cm³/mol. The van der Waals surface area contributed by atoms with Crippen molar-refractivity contribution in [2.24, 2.45) is 0 Å². The quantitative estimate of drug-likeness (QED) is 0.512. The number of piperazine rings is 1. The molecule has 1 aliphatic rings. The summed E-state index contributed by atoms with van der Waals surface area (Å²) in [6.45, 7) is 8.12. The van der Waals surface area contributed by atoms with Crippen LogP contribution in [0.5, 0.6) is 0 Å². The Morgan fingerprint density at radius 3 is 2.97 bits per heavy atom. The van der Waals surface area contributed by atoms with Crippen molar-refractivity contribution in [3.63, 3.8) is 0 Å². The molecule has 0 radical (unpaired) electrons. The average Bonchev–Trinajstić information content (AvgIpc) is 3.41. The van der Waals surface area contributed by atoms with Crippen molar-refractivity contribution in [1.29, 1.82) is 0 Å². The second-order valence-corrected chi connectivity index (χ2v) is 9.08. The normalized spacial score (nSPS) is 15.5. The number of anilines is 1. The molecule has 1 aromatic carbocycles. The maximum atomic E-state index is 13.0. The molecule has 0 aliphatic carbocycles. The van der Waals surface area contributed by atoms with Gasteiger partial charge in [-0.1, -0.05) is 49.3 Å². The minimum absolute atomic E-state index is 0.00832. The third kappa shape index (κ3) is 4.68. The number of nitrogens with zero attached hydrogens (tertiary/aromatic N) is 2. The predicted octanol–water partition coefficient (Wildman–Crippen LogP) is 3.87. The van der Waals surface area contributed by atoms with E-state index in [4.69, 9.17) is 0 Å². The second kappa shape index (κ2) is 9.62. The molecule has 0 bridgehead atoms. The number of aryl methyl sites for hydroxylation is 1. The molecule has 0 spiro atoms. The molecular weight excluding hydrogens is 394 g/mol. The molecule has 1 atom stereocenters. The molecule has 160 valence electrons. The van der Waals surface area contributed by atoms with Gasteiger partial charge in [0.1, 0.15) is 4.88 Å². The number of aromatic nitrogens is 2. The van der Waals surface area contributed by atoms with Crippen LogP contribution in [-0.2, 0) is 6.42 Å². The fraction of sp³-hybridized carbons (Fsp3) is 0.478. The van der Waals surface area contributed by atoms with Crippen LogP contribution in [0.4, 0.5) is 5.13 Å². The Labute approximate surface area is 182 Å². The van der Waals surface area contributed by atoms with Gasteiger partial charge in [-0.3, -0.25) is 4.79 Å². The van der Waals surface area contributed by atoms with Crippen molar-refractivity contribution in [1.82, 2.24) is 20.6 Å². The smallest absolute Gasteiger partial charge is 0.263 e. The number of hydrogen-bond donors (Lipinski definition) is 3. The van der Waals surface area contributed by atoms with Crippen LogP contribution in [0, 0.1) is 6.92 Å². The zero-order valence-corrected chi connectivity index (χ0v) is 18.6. The van der Waals surface area contributed by atoms with E-state index in [1.807, 2.05) is 0 Å². The summed E-state index contributed by atoms with van der Waals surface area (Å²) >= 11 is 1.49. The van der Waals surface area contributed by atoms with Gasteiger partial charge < -0.3 is 20.5 Å². The van der Waals surface area contributed by atoms with Crippen molar-refractivity contribution >= 4 is 33.3 Å². The number of para-hydroxylation sites is 1. The van der Waals surface area contributed by atoms with Gasteiger partial charge in [0.15, 0.2) is 5.13 Å². The molecule has 1 fully saturated rings. The van der Waals surface area contributed by atoms with Crippen LogP contribution in [0.2, 0.25) is 0 Å². The Morgan fingerprint density at radius 2 is 2.17 bits per heavy atom. The van der Waals surface area contributed by atoms with Crippen LogP contribution in [0.1, 0.15) is 47.0 Å². The number of rotatable bonds is 8. The van der Waals surface area contributed by atoms with Crippen molar-refractivity contribution in [3.8, 4) is 0 Å². The van der Waals surface area contributed by atoms with Gasteiger partial charge in [-0.15, -0.1) is 0 Å². The topological polar surface area (TPSA) is 73.0 Å². The van der Waals surface area contributed by atoms with Gasteiger partial charge >= 0.3 is 0 Å². The Morgan fingerprint density at radius 1 is 1.33 bits per heavy atom. The number of fused-ring (bicyclic) bond motifs is 1. The van der Waals surface area contributed by atoms with E-state index in [1.54, 1.807) is 6.20 Å². The maximum Gasteiger partial charge on any atom is 0.263 e. The number of unbranched alkanes of at least 4 members (excludes halogenated alkanes) is 1. The van der Waals surface area contributed by atoms with E-state index in [0.29, 0.717) is 4.88 Å². The molecule has 6 nitrogen and oxygen atoms in total. The zero-order chi connectivity index (χ0) is 20.9. The second-order valence-electron chi connectivity index (χ2n) is 8.07. The molecule has 1 amide bonds. The van der Waals surface area contributed by atoms with Gasteiger partial charge in [0, 0.05) is 49.3 Å². The lowest BCUT2D eigenvalue weighted by molar-refractivity contribution is 0.0938. The maximum absolute atomic E-state index is 13.0. The molecule has 3 heterocycles. The summed E-state index contributed by atoms with van der Waals surface area (Å²) in [5.41, 5.74) is 3.70. The van der Waals surface area contributed by atoms with E-state index in [-0.39, 0.29) is 11.9 Å². The zero-order valence-electron chi connectivity index (χ0n) is 17.8. The van der Waals surface area contributed by atoms with Crippen molar-refractivity contribution in [2.75, 3.05) is 31.1 Å². The lowest BCUT2D eigenvalue weighted by Crippen LogP contribution is -2.43. The third-order valence-corrected chi connectivity index (χ3v) is 6.88. The fourth-order valence-corrected chi connectivity index (χ4v) is 4.97. The van der Waals surface area contributed by atoms with Gasteiger partial charge in [-0.2, -0.15) is 0 Å². The Hall–Kier alpha value is -2.38. The van der Waals surface area contributed by atoms with E-state index in [1.165, 1.54) is 33.4 Å². The summed E-state index contributed by atoms with van der Waals surface area (Å²) in [4.78, 5) is 23.8. The minimum Gasteiger partial charge on any atom is -0.361 e. The number of aromatic amines is 1. The van der Waals surface area contributed by atoms with Gasteiger partial charge in [0.05, 0.1) is 6.20 Å². The van der Waals surface area contributed by atoms with Crippen LogP contribution >= 0.6 is 11.3 Å². The van der Waals surface area contributed by atoms with Crippen LogP contribution in [-0.4, -0.2) is 48.1 Å². The highest BCUT2D eigenvalue weighted by atomic mass is 32.1. The molecule has 3 aromatic rings. The Balaban J connectivity index is 1.46. The minimum atomic E-state index is -0.00832. The molecule has 1 unspecified atom stereocenters. The van der Waals surface area contributed by atoms with E-state index in [0.717, 1.165) is 57.0 Å². The average molecular weight is 426 g/mol. The highest BCUT2D eigenvalue weighted by molar-refractivity contribution is 7.17. The highest BCUT2D eigenvalue weighted by Gasteiger charge is 2.20. The SMILES string of the molecule is CCCCC(Cc1c[nH]c2c(C)cccc12)NC(=O)c1cnc(N2CCNCC2)s1. The summed E-state index contributed by atoms with van der Waals surface area (Å²) < 4.78 is 0. The first-order valence-corrected chi connectivity index (χ1v) is 11.7. The molecule has 0 saturated carbocycles. The van der Waals surface area contributed by atoms with Gasteiger partial charge in [0.2, 0.25) is 0 Å². The van der Waals surface area contributed by atoms with E-state index in [9.17, 15) is 4.79 Å². The van der Waals surface area contributed by atoms with Crippen LogP contribution in [0.25, 0.3) is 10.9 Å². The van der Waals surface area contributed by atoms with Gasteiger partial charge in [-0.25, -0.2) is 4.98 Å². The molecule has 1 saturated heterocycles. The lowest BCUT2D eigenvalue weighted by Gasteiger charge is -2.26. The summed E-state index contributed by atoms with van der Waals surface area (Å²) in [6.07, 6.45) is 7.85. The summed E-state index contributed by atoms with van der Waals surface area (Å²) in [5, 5.41) is 8.84. The number of H-pyrrole nitrogens is 1. The number of nitrogens with one attached hydrogen (secondary N) is 3. The van der Waals surface area contributed by atoms with Crippen LogP contribution in [0.15, 0.2) is 30.6 Å². The van der Waals surface area contributed by atoms with Gasteiger partial charge in [-0.05, 0) is 30.9 Å². The van der Waals surface area contributed by atoms with E-state index < -0.39 is 0 Å². The molecule has 2 aromatic heterocycles. The molecule has 4 rings (SSSR count). The number of amides is 1. The Bertz CT molecular complexity index is 989. The third-order valence-electron chi connectivity index (χ3n) is 5.82. The first-order valence-electron chi connectivity index (χ1n) is 10.9. The fourth-order valence-electron chi connectivity index (χ4n) is 4.10. The number of carbonyl (C=O) groups excluding carboxylic acids is 1. The number of hydrogen-bond acceptors (Lipinski definition) is 5. The van der Waals surface area contributed by atoms with Crippen molar-refractivity contribution in [3.05, 3.63) is 46.6 Å². The van der Waals surface area contributed by atoms with Crippen LogP contribution < -0.4 is 15.5 Å². The number of thiazole rings is 1. The van der Waals surface area contributed by atoms with Crippen molar-refractivity contribution in [2.45, 2.75) is 45.6 Å². The van der Waals surface area contributed by atoms with Gasteiger partial charge in [0.25, 0.3) is 5.91 Å². The number of carbonyl (C=O) groups is 1. The highest BCUT2D eigenvalue weighted by Crippen LogP contribution is 2.25.